The zero-order valence-corrected chi connectivity index (χ0v) is 34.8. The SMILES string of the molecule is C=C/C(=C\C=C\CCC)CCCC(C)C(O)O.CC(=O)O.CC/C=C(\C=C/CF)C(C)CCCC.CC=O.CNc1ccc(CCc2ccccc2)cc1. The predicted octanol–water partition coefficient (Wildman–Crippen LogP) is 12.1. The number of aryl methyl sites for hydroxylation is 2. The third-order valence-corrected chi connectivity index (χ3v) is 7.98. The highest BCUT2D eigenvalue weighted by Gasteiger charge is 2.09. The summed E-state index contributed by atoms with van der Waals surface area (Å²) in [5, 5.41) is 28.5. The van der Waals surface area contributed by atoms with Crippen LogP contribution < -0.4 is 5.32 Å². The van der Waals surface area contributed by atoms with Gasteiger partial charge in [-0.25, -0.2) is 4.39 Å². The number of carboxylic acids is 1. The van der Waals surface area contributed by atoms with E-state index in [4.69, 9.17) is 24.9 Å². The predicted molar refractivity (Wildman–Crippen MR) is 231 cm³/mol. The number of aliphatic carboxylic acids is 1. The maximum absolute atomic E-state index is 12.0. The molecule has 0 bridgehead atoms. The third-order valence-electron chi connectivity index (χ3n) is 7.98. The highest BCUT2D eigenvalue weighted by molar-refractivity contribution is 5.63. The van der Waals surface area contributed by atoms with Crippen LogP contribution in [-0.4, -0.2) is 47.6 Å². The normalized spacial score (nSPS) is 12.1. The van der Waals surface area contributed by atoms with Crippen molar-refractivity contribution in [3.05, 3.63) is 126 Å². The van der Waals surface area contributed by atoms with Gasteiger partial charge in [-0.2, -0.15) is 0 Å². The summed E-state index contributed by atoms with van der Waals surface area (Å²) < 4.78 is 12.0. The van der Waals surface area contributed by atoms with Crippen LogP contribution >= 0.6 is 0 Å². The largest absolute Gasteiger partial charge is 0.481 e. The number of anilines is 1. The fourth-order valence-electron chi connectivity index (χ4n) is 4.78. The molecule has 0 saturated heterocycles. The summed E-state index contributed by atoms with van der Waals surface area (Å²) >= 11 is 0. The van der Waals surface area contributed by atoms with Gasteiger partial charge in [-0.3, -0.25) is 4.79 Å². The maximum Gasteiger partial charge on any atom is 0.300 e. The van der Waals surface area contributed by atoms with Gasteiger partial charge in [-0.15, -0.1) is 0 Å². The van der Waals surface area contributed by atoms with Crippen molar-refractivity contribution in [2.45, 2.75) is 125 Å². The molecule has 2 aromatic carbocycles. The molecule has 0 saturated carbocycles. The van der Waals surface area contributed by atoms with Gasteiger partial charge in [0.05, 0.1) is 0 Å². The van der Waals surface area contributed by atoms with Crippen LogP contribution in [0.4, 0.5) is 10.1 Å². The van der Waals surface area contributed by atoms with E-state index in [-0.39, 0.29) is 12.6 Å². The number of aliphatic hydroxyl groups excluding tert-OH is 1. The molecule has 0 aromatic heterocycles. The van der Waals surface area contributed by atoms with Gasteiger partial charge >= 0.3 is 0 Å². The first-order valence-electron chi connectivity index (χ1n) is 19.6. The Hall–Kier alpha value is -4.07. The van der Waals surface area contributed by atoms with Gasteiger partial charge in [0, 0.05) is 25.6 Å². The Kier molecular flexibility index (Phi) is 40.3. The molecule has 304 valence electrons. The minimum Gasteiger partial charge on any atom is -0.481 e. The number of hydrogen-bond acceptors (Lipinski definition) is 5. The molecule has 4 N–H and O–H groups in total. The van der Waals surface area contributed by atoms with Crippen LogP contribution in [0.3, 0.4) is 0 Å². The summed E-state index contributed by atoms with van der Waals surface area (Å²) in [6.07, 6.45) is 25.4. The summed E-state index contributed by atoms with van der Waals surface area (Å²) in [4.78, 5) is 17.8. The van der Waals surface area contributed by atoms with Gasteiger partial charge in [0.15, 0.2) is 6.29 Å². The molecule has 0 aliphatic carbocycles. The molecule has 54 heavy (non-hydrogen) atoms. The van der Waals surface area contributed by atoms with Crippen molar-refractivity contribution in [2.75, 3.05) is 19.0 Å². The van der Waals surface area contributed by atoms with E-state index in [2.05, 4.69) is 118 Å². The zero-order chi connectivity index (χ0) is 41.4. The number of carboxylic acid groups (broad SMARTS) is 1. The summed E-state index contributed by atoms with van der Waals surface area (Å²) in [5.41, 5.74) is 6.46. The molecule has 2 atom stereocenters. The maximum atomic E-state index is 12.0. The smallest absolute Gasteiger partial charge is 0.300 e. The Labute approximate surface area is 328 Å². The number of unbranched alkanes of at least 4 members (excludes halogenated alkanes) is 2. The number of benzene rings is 2. The van der Waals surface area contributed by atoms with E-state index in [1.54, 1.807) is 6.08 Å². The second kappa shape index (κ2) is 40.1. The molecule has 0 heterocycles. The Morgan fingerprint density at radius 3 is 1.94 bits per heavy atom. The van der Waals surface area contributed by atoms with Crippen LogP contribution in [0.25, 0.3) is 0 Å². The van der Waals surface area contributed by atoms with Gasteiger partial charge in [-0.05, 0) is 98.6 Å². The summed E-state index contributed by atoms with van der Waals surface area (Å²) in [5.74, 6) is -0.325. The van der Waals surface area contributed by atoms with Gasteiger partial charge in [-0.1, -0.05) is 145 Å². The highest BCUT2D eigenvalue weighted by Crippen LogP contribution is 2.19. The number of aldehydes is 1. The monoisotopic (exact) mass is 752 g/mol. The lowest BCUT2D eigenvalue weighted by Crippen LogP contribution is -2.16. The number of nitrogens with one attached hydrogen (secondary N) is 1. The molecule has 6 nitrogen and oxygen atoms in total. The lowest BCUT2D eigenvalue weighted by molar-refractivity contribution is -0.134. The molecular weight excluding hydrogens is 678 g/mol. The van der Waals surface area contributed by atoms with Crippen molar-refractivity contribution in [1.29, 1.82) is 0 Å². The van der Waals surface area contributed by atoms with E-state index in [1.807, 2.05) is 26.1 Å². The molecule has 0 radical (unpaired) electrons. The van der Waals surface area contributed by atoms with Crippen LogP contribution in [-0.2, 0) is 22.4 Å². The Morgan fingerprint density at radius 1 is 0.907 bits per heavy atom. The molecule has 2 unspecified atom stereocenters. The van der Waals surface area contributed by atoms with Crippen molar-refractivity contribution in [3.8, 4) is 0 Å². The van der Waals surface area contributed by atoms with Crippen molar-refractivity contribution in [2.24, 2.45) is 11.8 Å². The second-order valence-electron chi connectivity index (χ2n) is 12.8. The number of carbonyl (C=O) groups is 2. The topological polar surface area (TPSA) is 107 Å². The minimum atomic E-state index is -1.20. The number of halogens is 1. The van der Waals surface area contributed by atoms with Gasteiger partial charge in [0.1, 0.15) is 13.0 Å². The lowest BCUT2D eigenvalue weighted by atomic mass is 9.94. The van der Waals surface area contributed by atoms with E-state index >= 15 is 0 Å². The first kappa shape index (κ1) is 54.3. The van der Waals surface area contributed by atoms with Crippen LogP contribution in [0.2, 0.25) is 0 Å². The third kappa shape index (κ3) is 36.3. The molecule has 0 fully saturated rings. The van der Waals surface area contributed by atoms with Gasteiger partial charge in [0.25, 0.3) is 5.97 Å². The van der Waals surface area contributed by atoms with Gasteiger partial charge in [0.2, 0.25) is 0 Å². The van der Waals surface area contributed by atoms with E-state index in [9.17, 15) is 4.39 Å². The van der Waals surface area contributed by atoms with Gasteiger partial charge < -0.3 is 25.4 Å². The average Bonchev–Trinajstić information content (AvgIpc) is 3.16. The quantitative estimate of drug-likeness (QED) is 0.0610. The molecule has 2 rings (SSSR count). The summed E-state index contributed by atoms with van der Waals surface area (Å²) in [7, 11) is 1.94. The number of hydrogen-bond donors (Lipinski definition) is 4. The second-order valence-corrected chi connectivity index (χ2v) is 12.8. The standard InChI is InChI=1S/C15H17N.C15H26O2.C13H23F.C2H4O2.C2H4O/c1-16-15-11-9-14(10-12-15)8-7-13-5-3-2-4-6-13;1-4-6-7-8-11-14(5-2)12-9-10-13(3)15(16)17;1-4-6-9-12(3)13(8-5-2)10-7-11-14;1-2(3)4;1-2-3/h2-6,9-12,16H,7-8H2,1H3;5,7-8,11,13,15-17H,2,4,6,9-10,12H2,1,3H3;7-8,10,12H,4-6,9,11H2,1-3H3;1H3,(H,3,4);2H,1H3/b;8-7+,14-11+;10-7-,13-8+;;. The van der Waals surface area contributed by atoms with Crippen molar-refractivity contribution < 1.29 is 29.3 Å². The molecule has 0 aliphatic rings. The Morgan fingerprint density at radius 2 is 1.48 bits per heavy atom. The molecule has 7 heteroatoms. The fourth-order valence-corrected chi connectivity index (χ4v) is 4.78. The Balaban J connectivity index is -0.000000665. The van der Waals surface area contributed by atoms with Crippen LogP contribution in [0.15, 0.2) is 115 Å². The van der Waals surface area contributed by atoms with Crippen molar-refractivity contribution in [3.63, 3.8) is 0 Å². The van der Waals surface area contributed by atoms with E-state index in [0.717, 1.165) is 58.2 Å². The van der Waals surface area contributed by atoms with Crippen LogP contribution in [0, 0.1) is 11.8 Å². The summed E-state index contributed by atoms with van der Waals surface area (Å²) in [6.45, 7) is 16.5. The van der Waals surface area contributed by atoms with E-state index in [0.29, 0.717) is 5.92 Å². The van der Waals surface area contributed by atoms with E-state index in [1.165, 1.54) is 60.6 Å². The average molecular weight is 752 g/mol. The summed E-state index contributed by atoms with van der Waals surface area (Å²) in [6, 6.07) is 19.2. The Bertz CT molecular complexity index is 1280. The van der Waals surface area contributed by atoms with E-state index < -0.39 is 12.3 Å². The number of rotatable bonds is 20. The molecular formula is C47H74FNO5. The molecule has 0 spiro atoms. The molecule has 0 amide bonds. The van der Waals surface area contributed by atoms with Crippen molar-refractivity contribution in [1.82, 2.24) is 0 Å². The molecule has 2 aromatic rings. The number of allylic oxidation sites excluding steroid dienone is 9. The fraction of sp³-hybridized carbons (Fsp3) is 0.489. The number of alkyl halides is 1. The van der Waals surface area contributed by atoms with Crippen molar-refractivity contribution >= 4 is 17.9 Å². The van der Waals surface area contributed by atoms with Crippen LogP contribution in [0.1, 0.15) is 117 Å². The van der Waals surface area contributed by atoms with Crippen LogP contribution in [0.5, 0.6) is 0 Å². The first-order chi connectivity index (χ1) is 25.9. The highest BCUT2D eigenvalue weighted by atomic mass is 19.1. The molecule has 0 aliphatic heterocycles. The number of aliphatic hydroxyl groups is 2. The first-order valence-corrected chi connectivity index (χ1v) is 19.6. The number of carbonyl (C=O) groups excluding carboxylic acids is 1. The lowest BCUT2D eigenvalue weighted by Gasteiger charge is -2.12. The zero-order valence-electron chi connectivity index (χ0n) is 34.8. The minimum absolute atomic E-state index is 0.0586.